The number of sulfonamides is 1. The van der Waals surface area contributed by atoms with Crippen LogP contribution in [0.2, 0.25) is 0 Å². The number of hydrogen-bond acceptors (Lipinski definition) is 3. The number of nitrogens with one attached hydrogen (secondary N) is 2. The molecule has 0 saturated carbocycles. The van der Waals surface area contributed by atoms with Crippen molar-refractivity contribution >= 4 is 27.3 Å². The summed E-state index contributed by atoms with van der Waals surface area (Å²) in [5, 5.41) is 2.50. The summed E-state index contributed by atoms with van der Waals surface area (Å²) >= 11 is 0. The van der Waals surface area contributed by atoms with Crippen LogP contribution in [0.25, 0.3) is 0 Å². The Morgan fingerprint density at radius 1 is 1.04 bits per heavy atom. The van der Waals surface area contributed by atoms with Crippen LogP contribution in [0.4, 0.5) is 15.8 Å². The predicted octanol–water partition coefficient (Wildman–Crippen LogP) is 3.46. The Labute approximate surface area is 146 Å². The zero-order chi connectivity index (χ0) is 18.0. The van der Waals surface area contributed by atoms with E-state index in [1.165, 1.54) is 24.6 Å². The van der Waals surface area contributed by atoms with Gasteiger partial charge in [-0.15, -0.1) is 0 Å². The number of fused-ring (bicyclic) bond motifs is 1. The van der Waals surface area contributed by atoms with E-state index < -0.39 is 15.8 Å². The fourth-order valence-corrected chi connectivity index (χ4v) is 4.07. The summed E-state index contributed by atoms with van der Waals surface area (Å²) in [4.78, 5) is 11.2. The highest BCUT2D eigenvalue weighted by Gasteiger charge is 2.19. The summed E-state index contributed by atoms with van der Waals surface area (Å²) < 4.78 is 41.5. The molecule has 0 radical (unpaired) electrons. The molecule has 1 aliphatic carbocycles. The van der Waals surface area contributed by atoms with Gasteiger partial charge >= 0.3 is 0 Å². The molecule has 2 aromatic rings. The number of rotatable bonds is 4. The molecular weight excluding hydrogens is 343 g/mol. The van der Waals surface area contributed by atoms with Crippen LogP contribution >= 0.6 is 0 Å². The lowest BCUT2D eigenvalue weighted by molar-refractivity contribution is -0.114. The summed E-state index contributed by atoms with van der Waals surface area (Å²) in [5.41, 5.74) is 2.31. The maximum absolute atomic E-state index is 14.0. The van der Waals surface area contributed by atoms with Crippen molar-refractivity contribution < 1.29 is 17.6 Å². The maximum atomic E-state index is 14.0. The van der Waals surface area contributed by atoms with E-state index >= 15 is 0 Å². The first kappa shape index (κ1) is 17.4. The van der Waals surface area contributed by atoms with Gasteiger partial charge in [-0.3, -0.25) is 9.52 Å². The van der Waals surface area contributed by atoms with Crippen molar-refractivity contribution in [3.8, 4) is 0 Å². The van der Waals surface area contributed by atoms with Crippen LogP contribution < -0.4 is 10.0 Å². The zero-order valence-electron chi connectivity index (χ0n) is 13.8. The van der Waals surface area contributed by atoms with E-state index in [1.54, 1.807) is 12.1 Å². The highest BCUT2D eigenvalue weighted by atomic mass is 32.2. The molecule has 3 rings (SSSR count). The highest BCUT2D eigenvalue weighted by molar-refractivity contribution is 7.92. The van der Waals surface area contributed by atoms with Gasteiger partial charge in [0.2, 0.25) is 5.91 Å². The second-order valence-electron chi connectivity index (χ2n) is 6.12. The molecule has 1 aliphatic rings. The first-order valence-corrected chi connectivity index (χ1v) is 9.55. The van der Waals surface area contributed by atoms with E-state index in [-0.39, 0.29) is 16.5 Å². The Bertz CT molecular complexity index is 926. The molecule has 0 aromatic heterocycles. The van der Waals surface area contributed by atoms with Crippen LogP contribution in [0, 0.1) is 5.82 Å². The lowest BCUT2D eigenvalue weighted by Gasteiger charge is -2.17. The van der Waals surface area contributed by atoms with Gasteiger partial charge in [0, 0.05) is 12.6 Å². The lowest BCUT2D eigenvalue weighted by Crippen LogP contribution is -2.16. The van der Waals surface area contributed by atoms with Crippen molar-refractivity contribution in [2.45, 2.75) is 37.5 Å². The van der Waals surface area contributed by atoms with E-state index in [1.807, 2.05) is 6.07 Å². The molecule has 0 spiro atoms. The Morgan fingerprint density at radius 2 is 1.76 bits per heavy atom. The Morgan fingerprint density at radius 3 is 2.48 bits per heavy atom. The predicted molar refractivity (Wildman–Crippen MR) is 94.6 cm³/mol. The van der Waals surface area contributed by atoms with Gasteiger partial charge in [0.05, 0.1) is 10.6 Å². The number of hydrogen-bond donors (Lipinski definition) is 2. The van der Waals surface area contributed by atoms with Gasteiger partial charge in [0.25, 0.3) is 10.0 Å². The topological polar surface area (TPSA) is 75.3 Å². The van der Waals surface area contributed by atoms with Crippen LogP contribution in [-0.4, -0.2) is 14.3 Å². The van der Waals surface area contributed by atoms with Gasteiger partial charge in [-0.25, -0.2) is 12.8 Å². The molecule has 25 heavy (non-hydrogen) atoms. The van der Waals surface area contributed by atoms with Gasteiger partial charge < -0.3 is 5.32 Å². The monoisotopic (exact) mass is 362 g/mol. The summed E-state index contributed by atoms with van der Waals surface area (Å²) in [6, 6.07) is 8.76. The third-order valence-corrected chi connectivity index (χ3v) is 5.52. The fraction of sp³-hybridized carbons (Fsp3) is 0.278. The molecule has 2 aromatic carbocycles. The van der Waals surface area contributed by atoms with Gasteiger partial charge in [-0.1, -0.05) is 6.07 Å². The molecule has 0 aliphatic heterocycles. The summed E-state index contributed by atoms with van der Waals surface area (Å²) in [7, 11) is -3.92. The van der Waals surface area contributed by atoms with Gasteiger partial charge in [0.15, 0.2) is 0 Å². The maximum Gasteiger partial charge on any atom is 0.261 e. The molecule has 0 heterocycles. The van der Waals surface area contributed by atoms with Crippen molar-refractivity contribution in [1.29, 1.82) is 0 Å². The summed E-state index contributed by atoms with van der Waals surface area (Å²) in [6.45, 7) is 1.32. The number of anilines is 2. The standard InChI is InChI=1S/C18H19FN2O3S/c1-12(22)20-15-7-9-17(19)18(11-15)21-25(23,24)16-8-6-13-4-2-3-5-14(13)10-16/h6-11,21H,2-5H2,1H3,(H,20,22). The normalized spacial score (nSPS) is 13.8. The fourth-order valence-electron chi connectivity index (χ4n) is 2.97. The first-order chi connectivity index (χ1) is 11.8. The molecule has 5 nitrogen and oxygen atoms in total. The first-order valence-electron chi connectivity index (χ1n) is 8.07. The third-order valence-electron chi connectivity index (χ3n) is 4.16. The molecule has 0 fully saturated rings. The number of carbonyl (C=O) groups excluding carboxylic acids is 1. The van der Waals surface area contributed by atoms with E-state index in [2.05, 4.69) is 10.0 Å². The van der Waals surface area contributed by atoms with E-state index in [0.717, 1.165) is 37.3 Å². The minimum Gasteiger partial charge on any atom is -0.326 e. The SMILES string of the molecule is CC(=O)Nc1ccc(F)c(NS(=O)(=O)c2ccc3c(c2)CCCC3)c1. The Balaban J connectivity index is 1.90. The minimum atomic E-state index is -3.92. The molecular formula is C18H19FN2O3S. The second kappa shape index (κ2) is 6.84. The largest absolute Gasteiger partial charge is 0.326 e. The Hall–Kier alpha value is -2.41. The molecule has 132 valence electrons. The average molecular weight is 362 g/mol. The molecule has 1 amide bonds. The van der Waals surface area contributed by atoms with E-state index in [4.69, 9.17) is 0 Å². The molecule has 0 bridgehead atoms. The summed E-state index contributed by atoms with van der Waals surface area (Å²) in [6.07, 6.45) is 3.96. The van der Waals surface area contributed by atoms with Gasteiger partial charge in [-0.2, -0.15) is 0 Å². The number of amides is 1. The van der Waals surface area contributed by atoms with Crippen LogP contribution in [0.15, 0.2) is 41.3 Å². The van der Waals surface area contributed by atoms with E-state index in [9.17, 15) is 17.6 Å². The van der Waals surface area contributed by atoms with Crippen molar-refractivity contribution in [2.75, 3.05) is 10.0 Å². The van der Waals surface area contributed by atoms with Crippen molar-refractivity contribution in [1.82, 2.24) is 0 Å². The van der Waals surface area contributed by atoms with Gasteiger partial charge in [-0.05, 0) is 67.1 Å². The number of benzene rings is 2. The van der Waals surface area contributed by atoms with Crippen LogP contribution in [-0.2, 0) is 27.7 Å². The van der Waals surface area contributed by atoms with Crippen molar-refractivity contribution in [2.24, 2.45) is 0 Å². The van der Waals surface area contributed by atoms with E-state index in [0.29, 0.717) is 5.69 Å². The average Bonchev–Trinajstić information content (AvgIpc) is 2.57. The second-order valence-corrected chi connectivity index (χ2v) is 7.80. The number of carbonyl (C=O) groups is 1. The molecule has 0 unspecified atom stereocenters. The number of aryl methyl sites for hydroxylation is 2. The van der Waals surface area contributed by atoms with Crippen molar-refractivity contribution in [3.05, 3.63) is 53.3 Å². The smallest absolute Gasteiger partial charge is 0.261 e. The van der Waals surface area contributed by atoms with Gasteiger partial charge in [0.1, 0.15) is 5.82 Å². The highest BCUT2D eigenvalue weighted by Crippen LogP contribution is 2.27. The minimum absolute atomic E-state index is 0.109. The zero-order valence-corrected chi connectivity index (χ0v) is 14.6. The summed E-state index contributed by atoms with van der Waals surface area (Å²) in [5.74, 6) is -1.04. The van der Waals surface area contributed by atoms with Crippen LogP contribution in [0.5, 0.6) is 0 Å². The third kappa shape index (κ3) is 3.99. The Kier molecular flexibility index (Phi) is 4.76. The molecule has 0 atom stereocenters. The molecule has 0 saturated heterocycles. The molecule has 2 N–H and O–H groups in total. The number of halogens is 1. The quantitative estimate of drug-likeness (QED) is 0.875. The van der Waals surface area contributed by atoms with Crippen LogP contribution in [0.1, 0.15) is 30.9 Å². The van der Waals surface area contributed by atoms with Crippen LogP contribution in [0.3, 0.4) is 0 Å². The van der Waals surface area contributed by atoms with Crippen molar-refractivity contribution in [3.63, 3.8) is 0 Å². The lowest BCUT2D eigenvalue weighted by atomic mass is 9.92. The molecule has 7 heteroatoms.